The first-order chi connectivity index (χ1) is 8.33. The van der Waals surface area contributed by atoms with Gasteiger partial charge >= 0.3 is 0 Å². The fraction of sp³-hybridized carbons (Fsp3) is 0.154. The van der Waals surface area contributed by atoms with Gasteiger partial charge in [-0.25, -0.2) is 4.98 Å². The standard InChI is InChI=1S/C13H12N2OS/c1-10-8-15-6-2-5-12(13(15)14-10)16-9-11-4-3-7-17-11/h2-8H,9H2,1H3. The Balaban J connectivity index is 1.89. The summed E-state index contributed by atoms with van der Waals surface area (Å²) >= 11 is 1.70. The number of nitrogens with zero attached hydrogens (tertiary/aromatic N) is 2. The molecule has 0 aliphatic carbocycles. The highest BCUT2D eigenvalue weighted by atomic mass is 32.1. The fourth-order valence-electron chi connectivity index (χ4n) is 1.77. The third kappa shape index (κ3) is 2.03. The SMILES string of the molecule is Cc1cn2cccc(OCc3cccs3)c2n1. The van der Waals surface area contributed by atoms with Crippen LogP contribution in [0.2, 0.25) is 0 Å². The van der Waals surface area contributed by atoms with Gasteiger partial charge in [-0.15, -0.1) is 11.3 Å². The van der Waals surface area contributed by atoms with Gasteiger partial charge in [-0.05, 0) is 30.5 Å². The second-order valence-corrected chi connectivity index (χ2v) is 4.89. The molecule has 86 valence electrons. The molecular formula is C13H12N2OS. The van der Waals surface area contributed by atoms with Crippen LogP contribution in [0.5, 0.6) is 5.75 Å². The minimum Gasteiger partial charge on any atom is -0.484 e. The Morgan fingerprint density at radius 2 is 2.29 bits per heavy atom. The van der Waals surface area contributed by atoms with E-state index in [0.29, 0.717) is 6.61 Å². The van der Waals surface area contributed by atoms with Crippen LogP contribution in [-0.2, 0) is 6.61 Å². The summed E-state index contributed by atoms with van der Waals surface area (Å²) in [6, 6.07) is 8.03. The van der Waals surface area contributed by atoms with Crippen molar-refractivity contribution in [3.8, 4) is 5.75 Å². The first-order valence-corrected chi connectivity index (χ1v) is 6.30. The summed E-state index contributed by atoms with van der Waals surface area (Å²) < 4.78 is 7.79. The van der Waals surface area contributed by atoms with Crippen LogP contribution in [0, 0.1) is 6.92 Å². The smallest absolute Gasteiger partial charge is 0.179 e. The molecule has 0 aliphatic rings. The Hall–Kier alpha value is -1.81. The average Bonchev–Trinajstić information content (AvgIpc) is 2.93. The molecule has 0 saturated heterocycles. The lowest BCUT2D eigenvalue weighted by atomic mass is 10.4. The van der Waals surface area contributed by atoms with E-state index in [-0.39, 0.29) is 0 Å². The molecule has 0 spiro atoms. The monoisotopic (exact) mass is 244 g/mol. The molecule has 0 unspecified atom stereocenters. The van der Waals surface area contributed by atoms with Gasteiger partial charge in [0.15, 0.2) is 11.4 Å². The summed E-state index contributed by atoms with van der Waals surface area (Å²) in [6.45, 7) is 2.58. The maximum atomic E-state index is 5.80. The molecule has 0 aromatic carbocycles. The Bertz CT molecular complexity index is 628. The third-order valence-electron chi connectivity index (χ3n) is 2.52. The topological polar surface area (TPSA) is 26.5 Å². The van der Waals surface area contributed by atoms with Gasteiger partial charge in [-0.1, -0.05) is 6.07 Å². The van der Waals surface area contributed by atoms with Crippen LogP contribution in [0.4, 0.5) is 0 Å². The van der Waals surface area contributed by atoms with Gasteiger partial charge in [0.25, 0.3) is 0 Å². The van der Waals surface area contributed by atoms with Crippen LogP contribution >= 0.6 is 11.3 Å². The fourth-order valence-corrected chi connectivity index (χ4v) is 2.38. The van der Waals surface area contributed by atoms with Crippen LogP contribution in [0.25, 0.3) is 5.65 Å². The van der Waals surface area contributed by atoms with Crippen molar-refractivity contribution < 1.29 is 4.74 Å². The van der Waals surface area contributed by atoms with Gasteiger partial charge in [0.05, 0.1) is 5.69 Å². The third-order valence-corrected chi connectivity index (χ3v) is 3.37. The molecule has 3 nitrogen and oxygen atoms in total. The summed E-state index contributed by atoms with van der Waals surface area (Å²) in [6.07, 6.45) is 3.97. The maximum absolute atomic E-state index is 5.80. The maximum Gasteiger partial charge on any atom is 0.179 e. The molecule has 0 amide bonds. The summed E-state index contributed by atoms with van der Waals surface area (Å²) in [5, 5.41) is 2.05. The minimum absolute atomic E-state index is 0.600. The zero-order valence-electron chi connectivity index (χ0n) is 9.46. The molecule has 0 bridgehead atoms. The van der Waals surface area contributed by atoms with Gasteiger partial charge in [-0.3, -0.25) is 0 Å². The molecule has 3 aromatic heterocycles. The largest absolute Gasteiger partial charge is 0.484 e. The lowest BCUT2D eigenvalue weighted by Gasteiger charge is -2.05. The van der Waals surface area contributed by atoms with Crippen molar-refractivity contribution in [1.29, 1.82) is 0 Å². The quantitative estimate of drug-likeness (QED) is 0.706. The number of imidazole rings is 1. The molecule has 0 N–H and O–H groups in total. The highest BCUT2D eigenvalue weighted by molar-refractivity contribution is 7.09. The first kappa shape index (κ1) is 10.4. The highest BCUT2D eigenvalue weighted by Crippen LogP contribution is 2.21. The van der Waals surface area contributed by atoms with Crippen molar-refractivity contribution in [3.05, 3.63) is 52.6 Å². The lowest BCUT2D eigenvalue weighted by molar-refractivity contribution is 0.312. The number of thiophene rings is 1. The van der Waals surface area contributed by atoms with Crippen molar-refractivity contribution in [1.82, 2.24) is 9.38 Å². The summed E-state index contributed by atoms with van der Waals surface area (Å²) in [5.41, 5.74) is 1.87. The van der Waals surface area contributed by atoms with Gasteiger partial charge in [0, 0.05) is 17.3 Å². The molecule has 17 heavy (non-hydrogen) atoms. The molecule has 3 aromatic rings. The zero-order chi connectivity index (χ0) is 11.7. The van der Waals surface area contributed by atoms with E-state index in [2.05, 4.69) is 16.4 Å². The highest BCUT2D eigenvalue weighted by Gasteiger charge is 2.05. The number of aryl methyl sites for hydroxylation is 1. The second kappa shape index (κ2) is 4.22. The van der Waals surface area contributed by atoms with Crippen LogP contribution < -0.4 is 4.74 Å². The zero-order valence-corrected chi connectivity index (χ0v) is 10.3. The average molecular weight is 244 g/mol. The molecular weight excluding hydrogens is 232 g/mol. The number of ether oxygens (including phenoxy) is 1. The van der Waals surface area contributed by atoms with Crippen molar-refractivity contribution >= 4 is 17.0 Å². The van der Waals surface area contributed by atoms with Crippen LogP contribution in [-0.4, -0.2) is 9.38 Å². The molecule has 4 heteroatoms. The normalized spacial score (nSPS) is 10.9. The van der Waals surface area contributed by atoms with E-state index < -0.39 is 0 Å². The van der Waals surface area contributed by atoms with E-state index in [1.54, 1.807) is 11.3 Å². The molecule has 0 atom stereocenters. The van der Waals surface area contributed by atoms with E-state index in [1.165, 1.54) is 4.88 Å². The van der Waals surface area contributed by atoms with Crippen molar-refractivity contribution in [2.45, 2.75) is 13.5 Å². The number of hydrogen-bond acceptors (Lipinski definition) is 3. The Labute approximate surface area is 103 Å². The van der Waals surface area contributed by atoms with Crippen LogP contribution in [0.3, 0.4) is 0 Å². The van der Waals surface area contributed by atoms with E-state index in [4.69, 9.17) is 4.74 Å². The van der Waals surface area contributed by atoms with Crippen molar-refractivity contribution in [3.63, 3.8) is 0 Å². The van der Waals surface area contributed by atoms with Crippen LogP contribution in [0.15, 0.2) is 42.0 Å². The number of fused-ring (bicyclic) bond motifs is 1. The Morgan fingerprint density at radius 3 is 3.12 bits per heavy atom. The summed E-state index contributed by atoms with van der Waals surface area (Å²) in [4.78, 5) is 5.67. The van der Waals surface area contributed by atoms with E-state index in [9.17, 15) is 0 Å². The number of hydrogen-bond donors (Lipinski definition) is 0. The van der Waals surface area contributed by atoms with Gasteiger partial charge in [0.2, 0.25) is 0 Å². The molecule has 0 aliphatic heterocycles. The Kier molecular flexibility index (Phi) is 2.57. The summed E-state index contributed by atoms with van der Waals surface area (Å²) in [7, 11) is 0. The van der Waals surface area contributed by atoms with Gasteiger partial charge in [0.1, 0.15) is 6.61 Å². The predicted octanol–water partition coefficient (Wildman–Crippen LogP) is 3.28. The van der Waals surface area contributed by atoms with E-state index in [0.717, 1.165) is 17.1 Å². The number of rotatable bonds is 3. The molecule has 0 radical (unpaired) electrons. The molecule has 0 saturated carbocycles. The summed E-state index contributed by atoms with van der Waals surface area (Å²) in [5.74, 6) is 0.828. The molecule has 3 heterocycles. The predicted molar refractivity (Wildman–Crippen MR) is 68.6 cm³/mol. The van der Waals surface area contributed by atoms with Crippen molar-refractivity contribution in [2.75, 3.05) is 0 Å². The number of pyridine rings is 1. The second-order valence-electron chi connectivity index (χ2n) is 3.85. The van der Waals surface area contributed by atoms with Gasteiger partial charge in [-0.2, -0.15) is 0 Å². The Morgan fingerprint density at radius 1 is 1.35 bits per heavy atom. The minimum atomic E-state index is 0.600. The molecule has 0 fully saturated rings. The van der Waals surface area contributed by atoms with Gasteiger partial charge < -0.3 is 9.14 Å². The number of aromatic nitrogens is 2. The lowest BCUT2D eigenvalue weighted by Crippen LogP contribution is -1.95. The van der Waals surface area contributed by atoms with E-state index in [1.807, 2.05) is 41.9 Å². The first-order valence-electron chi connectivity index (χ1n) is 5.42. The van der Waals surface area contributed by atoms with E-state index >= 15 is 0 Å². The van der Waals surface area contributed by atoms with Crippen molar-refractivity contribution in [2.24, 2.45) is 0 Å². The molecule has 3 rings (SSSR count). The van der Waals surface area contributed by atoms with Crippen LogP contribution in [0.1, 0.15) is 10.6 Å².